The van der Waals surface area contributed by atoms with Crippen LogP contribution in [0.1, 0.15) is 18.1 Å². The van der Waals surface area contributed by atoms with Gasteiger partial charge >= 0.3 is 5.97 Å². The molecule has 0 aliphatic carbocycles. The standard InChI is InChI=1S/C14H15FN2O2/c1-9-6-17(8-12(9)14(18)19)7-11-4-2-3-10(5-16)13(11)15/h2-4,9,12H,6-8H2,1H3,(H,18,19)/t9-,12-/m1/s1. The first-order valence-corrected chi connectivity index (χ1v) is 6.15. The summed E-state index contributed by atoms with van der Waals surface area (Å²) in [5.74, 6) is -1.65. The summed E-state index contributed by atoms with van der Waals surface area (Å²) in [6, 6.07) is 6.52. The number of hydrogen-bond acceptors (Lipinski definition) is 3. The average molecular weight is 262 g/mol. The summed E-state index contributed by atoms with van der Waals surface area (Å²) < 4.78 is 13.9. The molecule has 1 fully saturated rings. The smallest absolute Gasteiger partial charge is 0.308 e. The molecule has 1 heterocycles. The molecule has 4 nitrogen and oxygen atoms in total. The maximum atomic E-state index is 13.9. The normalized spacial score (nSPS) is 23.2. The largest absolute Gasteiger partial charge is 0.481 e. The van der Waals surface area contributed by atoms with Gasteiger partial charge in [-0.05, 0) is 12.0 Å². The van der Waals surface area contributed by atoms with Crippen LogP contribution < -0.4 is 0 Å². The highest BCUT2D eigenvalue weighted by Gasteiger charge is 2.34. The van der Waals surface area contributed by atoms with Crippen LogP contribution >= 0.6 is 0 Å². The van der Waals surface area contributed by atoms with Crippen LogP contribution in [0, 0.1) is 29.0 Å². The first kappa shape index (κ1) is 13.5. The summed E-state index contributed by atoms with van der Waals surface area (Å²) in [7, 11) is 0. The Bertz CT molecular complexity index is 539. The number of carboxylic acids is 1. The number of nitrogens with zero attached hydrogens (tertiary/aromatic N) is 2. The maximum absolute atomic E-state index is 13.9. The van der Waals surface area contributed by atoms with E-state index in [2.05, 4.69) is 0 Å². The van der Waals surface area contributed by atoms with Gasteiger partial charge in [0.2, 0.25) is 0 Å². The van der Waals surface area contributed by atoms with Crippen molar-refractivity contribution >= 4 is 5.97 Å². The van der Waals surface area contributed by atoms with Crippen LogP contribution in [-0.4, -0.2) is 29.1 Å². The molecule has 100 valence electrons. The second kappa shape index (κ2) is 5.37. The van der Waals surface area contributed by atoms with Crippen molar-refractivity contribution in [2.24, 2.45) is 11.8 Å². The number of likely N-dealkylation sites (tertiary alicyclic amines) is 1. The summed E-state index contributed by atoms with van der Waals surface area (Å²) in [6.07, 6.45) is 0. The second-order valence-electron chi connectivity index (χ2n) is 5.01. The molecule has 0 saturated carbocycles. The Morgan fingerprint density at radius 3 is 2.89 bits per heavy atom. The molecule has 1 saturated heterocycles. The van der Waals surface area contributed by atoms with Crippen molar-refractivity contribution in [3.63, 3.8) is 0 Å². The minimum atomic E-state index is -0.804. The van der Waals surface area contributed by atoms with Crippen LogP contribution in [0.15, 0.2) is 18.2 Å². The van der Waals surface area contributed by atoms with Gasteiger partial charge in [0.25, 0.3) is 0 Å². The fourth-order valence-electron chi connectivity index (χ4n) is 2.55. The molecular formula is C14H15FN2O2. The van der Waals surface area contributed by atoms with Crippen molar-refractivity contribution in [3.05, 3.63) is 35.1 Å². The van der Waals surface area contributed by atoms with Crippen molar-refractivity contribution in [1.29, 1.82) is 5.26 Å². The summed E-state index contributed by atoms with van der Waals surface area (Å²) in [5.41, 5.74) is 0.469. The van der Waals surface area contributed by atoms with Gasteiger partial charge in [-0.2, -0.15) is 5.26 Å². The number of aliphatic carboxylic acids is 1. The summed E-state index contributed by atoms with van der Waals surface area (Å²) >= 11 is 0. The van der Waals surface area contributed by atoms with E-state index in [1.807, 2.05) is 17.9 Å². The van der Waals surface area contributed by atoms with E-state index < -0.39 is 17.7 Å². The lowest BCUT2D eigenvalue weighted by atomic mass is 9.99. The fraction of sp³-hybridized carbons (Fsp3) is 0.429. The Hall–Kier alpha value is -1.93. The van der Waals surface area contributed by atoms with E-state index in [0.29, 0.717) is 25.2 Å². The Morgan fingerprint density at radius 2 is 2.32 bits per heavy atom. The molecule has 0 unspecified atom stereocenters. The van der Waals surface area contributed by atoms with E-state index in [1.165, 1.54) is 6.07 Å². The fourth-order valence-corrected chi connectivity index (χ4v) is 2.55. The predicted molar refractivity (Wildman–Crippen MR) is 66.7 cm³/mol. The van der Waals surface area contributed by atoms with Crippen LogP contribution in [0.2, 0.25) is 0 Å². The van der Waals surface area contributed by atoms with E-state index >= 15 is 0 Å². The molecule has 0 amide bonds. The zero-order valence-electron chi connectivity index (χ0n) is 10.6. The molecule has 1 aliphatic heterocycles. The average Bonchev–Trinajstić information content (AvgIpc) is 2.73. The second-order valence-corrected chi connectivity index (χ2v) is 5.01. The molecule has 19 heavy (non-hydrogen) atoms. The van der Waals surface area contributed by atoms with Gasteiger partial charge in [0, 0.05) is 25.2 Å². The highest BCUT2D eigenvalue weighted by Crippen LogP contribution is 2.25. The maximum Gasteiger partial charge on any atom is 0.308 e. The predicted octanol–water partition coefficient (Wildman–Crippen LogP) is 1.85. The van der Waals surface area contributed by atoms with Crippen LogP contribution in [0.4, 0.5) is 4.39 Å². The van der Waals surface area contributed by atoms with Gasteiger partial charge in [-0.15, -0.1) is 0 Å². The molecule has 0 spiro atoms. The minimum Gasteiger partial charge on any atom is -0.481 e. The first-order valence-electron chi connectivity index (χ1n) is 6.15. The van der Waals surface area contributed by atoms with Crippen molar-refractivity contribution in [1.82, 2.24) is 4.90 Å². The van der Waals surface area contributed by atoms with Gasteiger partial charge in [-0.25, -0.2) is 4.39 Å². The third kappa shape index (κ3) is 2.74. The summed E-state index contributed by atoms with van der Waals surface area (Å²) in [5, 5.41) is 17.8. The Balaban J connectivity index is 2.12. The molecule has 2 atom stereocenters. The lowest BCUT2D eigenvalue weighted by molar-refractivity contribution is -0.142. The van der Waals surface area contributed by atoms with Crippen LogP contribution in [-0.2, 0) is 11.3 Å². The lowest BCUT2D eigenvalue weighted by Crippen LogP contribution is -2.23. The van der Waals surface area contributed by atoms with Crippen molar-refractivity contribution < 1.29 is 14.3 Å². The van der Waals surface area contributed by atoms with E-state index in [1.54, 1.807) is 12.1 Å². The van der Waals surface area contributed by atoms with E-state index in [4.69, 9.17) is 10.4 Å². The molecule has 5 heteroatoms. The van der Waals surface area contributed by atoms with Crippen molar-refractivity contribution in [2.45, 2.75) is 13.5 Å². The highest BCUT2D eigenvalue weighted by atomic mass is 19.1. The molecule has 0 bridgehead atoms. The molecule has 1 aliphatic rings. The van der Waals surface area contributed by atoms with Crippen molar-refractivity contribution in [2.75, 3.05) is 13.1 Å². The number of halogens is 1. The molecule has 2 rings (SSSR count). The van der Waals surface area contributed by atoms with Gasteiger partial charge < -0.3 is 5.11 Å². The minimum absolute atomic E-state index is 0.0273. The van der Waals surface area contributed by atoms with E-state index in [-0.39, 0.29) is 11.5 Å². The molecular weight excluding hydrogens is 247 g/mol. The molecule has 0 radical (unpaired) electrons. The first-order chi connectivity index (χ1) is 9.02. The Labute approximate surface area is 111 Å². The third-order valence-corrected chi connectivity index (χ3v) is 3.60. The Morgan fingerprint density at radius 1 is 1.58 bits per heavy atom. The van der Waals surface area contributed by atoms with Gasteiger partial charge in [0.15, 0.2) is 0 Å². The highest BCUT2D eigenvalue weighted by molar-refractivity contribution is 5.71. The number of carbonyl (C=O) groups is 1. The number of benzene rings is 1. The van der Waals surface area contributed by atoms with Crippen LogP contribution in [0.3, 0.4) is 0 Å². The molecule has 1 N–H and O–H groups in total. The number of rotatable bonds is 3. The number of hydrogen-bond donors (Lipinski definition) is 1. The molecule has 0 aromatic heterocycles. The molecule has 1 aromatic carbocycles. The summed E-state index contributed by atoms with van der Waals surface area (Å²) in [4.78, 5) is 13.0. The topological polar surface area (TPSA) is 64.3 Å². The van der Waals surface area contributed by atoms with E-state index in [0.717, 1.165) is 0 Å². The monoisotopic (exact) mass is 262 g/mol. The Kier molecular flexibility index (Phi) is 3.82. The van der Waals surface area contributed by atoms with Gasteiger partial charge in [-0.3, -0.25) is 9.69 Å². The lowest BCUT2D eigenvalue weighted by Gasteiger charge is -2.16. The van der Waals surface area contributed by atoms with Gasteiger partial charge in [0.1, 0.15) is 11.9 Å². The van der Waals surface area contributed by atoms with Crippen LogP contribution in [0.25, 0.3) is 0 Å². The van der Waals surface area contributed by atoms with E-state index in [9.17, 15) is 9.18 Å². The summed E-state index contributed by atoms with van der Waals surface area (Å²) in [6.45, 7) is 3.29. The SMILES string of the molecule is C[C@@H]1CN(Cc2cccc(C#N)c2F)C[C@H]1C(=O)O. The van der Waals surface area contributed by atoms with Crippen LogP contribution in [0.5, 0.6) is 0 Å². The quantitative estimate of drug-likeness (QED) is 0.903. The number of carboxylic acid groups (broad SMARTS) is 1. The van der Waals surface area contributed by atoms with Gasteiger partial charge in [0.05, 0.1) is 11.5 Å². The van der Waals surface area contributed by atoms with Gasteiger partial charge in [-0.1, -0.05) is 19.1 Å². The zero-order valence-corrected chi connectivity index (χ0v) is 10.6. The zero-order chi connectivity index (χ0) is 14.0. The van der Waals surface area contributed by atoms with Crippen molar-refractivity contribution in [3.8, 4) is 6.07 Å². The molecule has 1 aromatic rings. The number of nitriles is 1. The third-order valence-electron chi connectivity index (χ3n) is 3.60.